The molecule has 1 N–H and O–H groups in total. The number of hydrogen-bond acceptors (Lipinski definition) is 2. The molecular formula is C14H21NO. The molecule has 1 aromatic rings. The van der Waals surface area contributed by atoms with Crippen molar-refractivity contribution < 1.29 is 4.74 Å². The van der Waals surface area contributed by atoms with Gasteiger partial charge in [0.15, 0.2) is 0 Å². The maximum absolute atomic E-state index is 5.24. The van der Waals surface area contributed by atoms with Crippen molar-refractivity contribution in [3.63, 3.8) is 0 Å². The lowest BCUT2D eigenvalue weighted by molar-refractivity contribution is 0.412. The van der Waals surface area contributed by atoms with E-state index in [1.807, 2.05) is 12.1 Å². The van der Waals surface area contributed by atoms with Gasteiger partial charge >= 0.3 is 0 Å². The molecule has 1 fully saturated rings. The van der Waals surface area contributed by atoms with Crippen molar-refractivity contribution in [2.24, 2.45) is 5.41 Å². The van der Waals surface area contributed by atoms with E-state index in [0.717, 1.165) is 5.75 Å². The zero-order valence-electron chi connectivity index (χ0n) is 10.6. The molecule has 0 aromatic heterocycles. The minimum atomic E-state index is 0.391. The summed E-state index contributed by atoms with van der Waals surface area (Å²) in [6.07, 6.45) is 1.28. The summed E-state index contributed by atoms with van der Waals surface area (Å²) in [4.78, 5) is 0. The van der Waals surface area contributed by atoms with Crippen LogP contribution in [0.15, 0.2) is 24.3 Å². The molecule has 0 aliphatic heterocycles. The van der Waals surface area contributed by atoms with Gasteiger partial charge in [0.2, 0.25) is 0 Å². The van der Waals surface area contributed by atoms with Gasteiger partial charge in [-0.05, 0) is 36.5 Å². The van der Waals surface area contributed by atoms with Crippen LogP contribution in [-0.2, 0) is 0 Å². The van der Waals surface area contributed by atoms with Gasteiger partial charge in [-0.1, -0.05) is 26.0 Å². The van der Waals surface area contributed by atoms with Crippen LogP contribution in [0.4, 0.5) is 0 Å². The summed E-state index contributed by atoms with van der Waals surface area (Å²) in [5.74, 6) is 0.932. The highest BCUT2D eigenvalue weighted by molar-refractivity contribution is 5.30. The fourth-order valence-corrected chi connectivity index (χ4v) is 2.06. The van der Waals surface area contributed by atoms with Gasteiger partial charge in [-0.3, -0.25) is 0 Å². The van der Waals surface area contributed by atoms with E-state index in [-0.39, 0.29) is 0 Å². The van der Waals surface area contributed by atoms with Crippen LogP contribution in [0.3, 0.4) is 0 Å². The molecule has 0 heterocycles. The van der Waals surface area contributed by atoms with E-state index in [4.69, 9.17) is 4.74 Å². The molecule has 0 radical (unpaired) electrons. The highest BCUT2D eigenvalue weighted by Crippen LogP contribution is 2.45. The van der Waals surface area contributed by atoms with Crippen LogP contribution in [-0.4, -0.2) is 13.2 Å². The zero-order chi connectivity index (χ0) is 11.8. The van der Waals surface area contributed by atoms with Gasteiger partial charge in [0, 0.05) is 12.1 Å². The molecular weight excluding hydrogens is 198 g/mol. The standard InChI is InChI=1S/C14H21NO/c1-10(15-13-9-14(13,2)3)11-6-5-7-12(8-11)16-4/h5-8,10,13,15H,9H2,1-4H3. The third-order valence-electron chi connectivity index (χ3n) is 3.56. The molecule has 2 unspecified atom stereocenters. The monoisotopic (exact) mass is 219 g/mol. The Morgan fingerprint density at radius 1 is 1.44 bits per heavy atom. The van der Waals surface area contributed by atoms with E-state index in [0.29, 0.717) is 17.5 Å². The average molecular weight is 219 g/mol. The van der Waals surface area contributed by atoms with Crippen molar-refractivity contribution >= 4 is 0 Å². The molecule has 1 aromatic carbocycles. The van der Waals surface area contributed by atoms with Crippen molar-refractivity contribution in [1.29, 1.82) is 0 Å². The zero-order valence-corrected chi connectivity index (χ0v) is 10.6. The van der Waals surface area contributed by atoms with Crippen LogP contribution in [0, 0.1) is 5.41 Å². The lowest BCUT2D eigenvalue weighted by Crippen LogP contribution is -2.24. The highest BCUT2D eigenvalue weighted by Gasteiger charge is 2.45. The van der Waals surface area contributed by atoms with Crippen LogP contribution in [0.25, 0.3) is 0 Å². The van der Waals surface area contributed by atoms with Crippen LogP contribution in [0.1, 0.15) is 38.8 Å². The van der Waals surface area contributed by atoms with Crippen LogP contribution >= 0.6 is 0 Å². The van der Waals surface area contributed by atoms with E-state index in [2.05, 4.69) is 38.2 Å². The summed E-state index contributed by atoms with van der Waals surface area (Å²) in [7, 11) is 1.71. The predicted molar refractivity (Wildman–Crippen MR) is 66.7 cm³/mol. The second-order valence-electron chi connectivity index (χ2n) is 5.41. The van der Waals surface area contributed by atoms with Crippen LogP contribution in [0.5, 0.6) is 5.75 Å². The normalized spacial score (nSPS) is 23.9. The molecule has 2 heteroatoms. The summed E-state index contributed by atoms with van der Waals surface area (Å²) in [5, 5.41) is 3.66. The number of ether oxygens (including phenoxy) is 1. The first-order valence-electron chi connectivity index (χ1n) is 5.93. The third kappa shape index (κ3) is 2.38. The Balaban J connectivity index is 2.00. The number of methoxy groups -OCH3 is 1. The Hall–Kier alpha value is -1.02. The lowest BCUT2D eigenvalue weighted by atomic mass is 10.1. The highest BCUT2D eigenvalue weighted by atomic mass is 16.5. The van der Waals surface area contributed by atoms with Gasteiger partial charge in [0.1, 0.15) is 5.75 Å². The minimum absolute atomic E-state index is 0.391. The molecule has 0 saturated heterocycles. The maximum Gasteiger partial charge on any atom is 0.119 e. The van der Waals surface area contributed by atoms with Gasteiger partial charge in [-0.2, -0.15) is 0 Å². The molecule has 16 heavy (non-hydrogen) atoms. The minimum Gasteiger partial charge on any atom is -0.497 e. The number of rotatable bonds is 4. The molecule has 0 amide bonds. The Kier molecular flexibility index (Phi) is 2.94. The SMILES string of the molecule is COc1cccc(C(C)NC2CC2(C)C)c1. The molecule has 0 bridgehead atoms. The van der Waals surface area contributed by atoms with E-state index in [1.165, 1.54) is 12.0 Å². The van der Waals surface area contributed by atoms with Gasteiger partial charge < -0.3 is 10.1 Å². The molecule has 1 aliphatic carbocycles. The van der Waals surface area contributed by atoms with E-state index in [9.17, 15) is 0 Å². The van der Waals surface area contributed by atoms with Crippen molar-refractivity contribution in [3.8, 4) is 5.75 Å². The van der Waals surface area contributed by atoms with Crippen molar-refractivity contribution in [2.75, 3.05) is 7.11 Å². The van der Waals surface area contributed by atoms with Crippen LogP contribution < -0.4 is 10.1 Å². The van der Waals surface area contributed by atoms with E-state index >= 15 is 0 Å². The van der Waals surface area contributed by atoms with Crippen LogP contribution in [0.2, 0.25) is 0 Å². The number of hydrogen-bond donors (Lipinski definition) is 1. The van der Waals surface area contributed by atoms with Gasteiger partial charge in [-0.15, -0.1) is 0 Å². The molecule has 1 saturated carbocycles. The van der Waals surface area contributed by atoms with Crippen molar-refractivity contribution in [2.45, 2.75) is 39.3 Å². The maximum atomic E-state index is 5.24. The smallest absolute Gasteiger partial charge is 0.119 e. The lowest BCUT2D eigenvalue weighted by Gasteiger charge is -2.16. The summed E-state index contributed by atoms with van der Waals surface area (Å²) in [6.45, 7) is 6.83. The van der Waals surface area contributed by atoms with Gasteiger partial charge in [0.05, 0.1) is 7.11 Å². The predicted octanol–water partition coefficient (Wildman–Crippen LogP) is 3.14. The van der Waals surface area contributed by atoms with Crippen molar-refractivity contribution in [3.05, 3.63) is 29.8 Å². The second-order valence-corrected chi connectivity index (χ2v) is 5.41. The summed E-state index contributed by atoms with van der Waals surface area (Å²) in [5.41, 5.74) is 1.77. The van der Waals surface area contributed by atoms with Gasteiger partial charge in [0.25, 0.3) is 0 Å². The Labute approximate surface area is 98.0 Å². The van der Waals surface area contributed by atoms with E-state index < -0.39 is 0 Å². The van der Waals surface area contributed by atoms with Crippen molar-refractivity contribution in [1.82, 2.24) is 5.32 Å². The first-order valence-corrected chi connectivity index (χ1v) is 5.93. The fourth-order valence-electron chi connectivity index (χ4n) is 2.06. The summed E-state index contributed by atoms with van der Waals surface area (Å²) >= 11 is 0. The van der Waals surface area contributed by atoms with E-state index in [1.54, 1.807) is 7.11 Å². The third-order valence-corrected chi connectivity index (χ3v) is 3.56. The fraction of sp³-hybridized carbons (Fsp3) is 0.571. The second kappa shape index (κ2) is 4.10. The Bertz CT molecular complexity index is 373. The summed E-state index contributed by atoms with van der Waals surface area (Å²) in [6, 6.07) is 9.33. The number of benzene rings is 1. The first kappa shape index (κ1) is 11.5. The topological polar surface area (TPSA) is 21.3 Å². The quantitative estimate of drug-likeness (QED) is 0.840. The molecule has 2 nitrogen and oxygen atoms in total. The first-order chi connectivity index (χ1) is 7.53. The molecule has 2 rings (SSSR count). The molecule has 0 spiro atoms. The Morgan fingerprint density at radius 3 is 2.69 bits per heavy atom. The van der Waals surface area contributed by atoms with Gasteiger partial charge in [-0.25, -0.2) is 0 Å². The molecule has 88 valence electrons. The summed E-state index contributed by atoms with van der Waals surface area (Å²) < 4.78 is 5.24. The Morgan fingerprint density at radius 2 is 2.12 bits per heavy atom. The molecule has 2 atom stereocenters. The number of nitrogens with one attached hydrogen (secondary N) is 1. The average Bonchev–Trinajstić information content (AvgIpc) is 2.86. The largest absolute Gasteiger partial charge is 0.497 e. The molecule has 1 aliphatic rings.